The molecule has 0 aliphatic heterocycles. The average molecular weight is 418 g/mol. The molecule has 11 heteroatoms. The second kappa shape index (κ2) is 7.88. The smallest absolute Gasteiger partial charge is 0.310 e. The number of aryl methyl sites for hydroxylation is 1. The number of rotatable bonds is 6. The molecule has 1 aromatic carbocycles. The summed E-state index contributed by atoms with van der Waals surface area (Å²) >= 11 is 0. The van der Waals surface area contributed by atoms with Gasteiger partial charge < -0.3 is 4.57 Å². The summed E-state index contributed by atoms with van der Waals surface area (Å²) in [6.45, 7) is 0.222. The van der Waals surface area contributed by atoms with Crippen LogP contribution in [0.4, 0.5) is 26.3 Å². The van der Waals surface area contributed by atoms with Crippen molar-refractivity contribution < 1.29 is 26.3 Å². The normalized spacial score (nSPS) is 13.4. The number of alkyl halides is 5. The number of imidazole rings is 1. The van der Waals surface area contributed by atoms with Crippen LogP contribution in [0, 0.1) is 11.7 Å². The minimum absolute atomic E-state index is 0.0356. The number of benzene rings is 1. The second-order valence-corrected chi connectivity index (χ2v) is 6.59. The molecule has 0 radical (unpaired) electrons. The Morgan fingerprint density at radius 3 is 2.38 bits per heavy atom. The van der Waals surface area contributed by atoms with E-state index in [1.165, 1.54) is 16.7 Å². The van der Waals surface area contributed by atoms with E-state index in [9.17, 15) is 31.1 Å². The van der Waals surface area contributed by atoms with Gasteiger partial charge in [0.1, 0.15) is 11.6 Å². The summed E-state index contributed by atoms with van der Waals surface area (Å²) in [5.41, 5.74) is -0.815. The lowest BCUT2D eigenvalue weighted by molar-refractivity contribution is -0.171. The fraction of sp³-hybridized carbons (Fsp3) is 0.389. The SMILES string of the molecule is CC(CCc1nc(=O)c2ncn(CC(F)F)c2n1-c1ccc(F)cc1)C(F)(F)F. The van der Waals surface area contributed by atoms with E-state index < -0.39 is 36.4 Å². The molecule has 0 saturated carbocycles. The summed E-state index contributed by atoms with van der Waals surface area (Å²) in [6, 6.07) is 4.85. The molecule has 0 bridgehead atoms. The predicted octanol–water partition coefficient (Wildman–Crippen LogP) is 4.12. The topological polar surface area (TPSA) is 52.7 Å². The molecule has 5 nitrogen and oxygen atoms in total. The van der Waals surface area contributed by atoms with Gasteiger partial charge in [-0.3, -0.25) is 9.36 Å². The molecule has 0 saturated heterocycles. The molecule has 0 amide bonds. The van der Waals surface area contributed by atoms with Crippen molar-refractivity contribution in [1.29, 1.82) is 0 Å². The number of hydrogen-bond acceptors (Lipinski definition) is 3. The Kier molecular flexibility index (Phi) is 5.67. The van der Waals surface area contributed by atoms with Gasteiger partial charge in [-0.2, -0.15) is 18.2 Å². The maximum absolute atomic E-state index is 13.3. The van der Waals surface area contributed by atoms with Gasteiger partial charge in [0.2, 0.25) is 0 Å². The zero-order chi connectivity index (χ0) is 21.3. The Bertz CT molecular complexity index is 1060. The minimum Gasteiger partial charge on any atom is -0.310 e. The lowest BCUT2D eigenvalue weighted by Gasteiger charge is -2.19. The largest absolute Gasteiger partial charge is 0.391 e. The third kappa shape index (κ3) is 4.43. The molecular formula is C18H16F6N4O. The van der Waals surface area contributed by atoms with Crippen molar-refractivity contribution >= 4 is 11.2 Å². The van der Waals surface area contributed by atoms with Crippen LogP contribution in [0.2, 0.25) is 0 Å². The first-order chi connectivity index (χ1) is 13.6. The molecule has 0 aliphatic carbocycles. The minimum atomic E-state index is -4.43. The molecule has 3 aromatic rings. The zero-order valence-electron chi connectivity index (χ0n) is 15.1. The number of aromatic nitrogens is 4. The van der Waals surface area contributed by atoms with Crippen molar-refractivity contribution in [3.63, 3.8) is 0 Å². The van der Waals surface area contributed by atoms with Gasteiger partial charge in [0.05, 0.1) is 18.8 Å². The molecule has 0 N–H and O–H groups in total. The Morgan fingerprint density at radius 1 is 1.14 bits per heavy atom. The number of fused-ring (bicyclic) bond motifs is 1. The molecule has 0 fully saturated rings. The van der Waals surface area contributed by atoms with Gasteiger partial charge >= 0.3 is 11.7 Å². The third-order valence-electron chi connectivity index (χ3n) is 4.49. The third-order valence-corrected chi connectivity index (χ3v) is 4.49. The van der Waals surface area contributed by atoms with Gasteiger partial charge in [0, 0.05) is 12.1 Å². The highest BCUT2D eigenvalue weighted by molar-refractivity contribution is 5.72. The van der Waals surface area contributed by atoms with Crippen LogP contribution in [0.25, 0.3) is 16.9 Å². The van der Waals surface area contributed by atoms with Crippen molar-refractivity contribution in [2.24, 2.45) is 5.92 Å². The van der Waals surface area contributed by atoms with Crippen LogP contribution in [-0.2, 0) is 13.0 Å². The summed E-state index contributed by atoms with van der Waals surface area (Å²) in [7, 11) is 0. The first-order valence-corrected chi connectivity index (χ1v) is 8.65. The van der Waals surface area contributed by atoms with E-state index in [0.717, 1.165) is 30.0 Å². The van der Waals surface area contributed by atoms with Gasteiger partial charge in [0.15, 0.2) is 11.2 Å². The van der Waals surface area contributed by atoms with E-state index in [1.807, 2.05) is 0 Å². The van der Waals surface area contributed by atoms with E-state index in [4.69, 9.17) is 0 Å². The van der Waals surface area contributed by atoms with Crippen LogP contribution >= 0.6 is 0 Å². The summed E-state index contributed by atoms with van der Waals surface area (Å²) in [5, 5.41) is 0. The molecular weight excluding hydrogens is 402 g/mol. The maximum atomic E-state index is 13.3. The molecule has 0 aliphatic rings. The predicted molar refractivity (Wildman–Crippen MR) is 92.6 cm³/mol. The van der Waals surface area contributed by atoms with E-state index in [2.05, 4.69) is 9.97 Å². The summed E-state index contributed by atoms with van der Waals surface area (Å²) in [6.07, 6.45) is -6.76. The molecule has 156 valence electrons. The molecule has 3 rings (SSSR count). The van der Waals surface area contributed by atoms with Crippen LogP contribution in [0.1, 0.15) is 19.2 Å². The standard InChI is InChI=1S/C18H16F6N4O/c1-10(18(22,23)24)2-7-14-26-16(29)15-17(27(9-25-15)8-13(20)21)28(14)12-5-3-11(19)4-6-12/h3-6,9-10,13H,2,7-8H2,1H3. The van der Waals surface area contributed by atoms with E-state index in [-0.39, 0.29) is 35.5 Å². The van der Waals surface area contributed by atoms with Crippen LogP contribution in [0.5, 0.6) is 0 Å². The summed E-state index contributed by atoms with van der Waals surface area (Å²) < 4.78 is 80.2. The van der Waals surface area contributed by atoms with Gasteiger partial charge in [-0.1, -0.05) is 6.92 Å². The first kappa shape index (κ1) is 20.9. The number of nitrogens with zero attached hydrogens (tertiary/aromatic N) is 4. The van der Waals surface area contributed by atoms with Gasteiger partial charge in [0.25, 0.3) is 6.43 Å². The van der Waals surface area contributed by atoms with Gasteiger partial charge in [-0.05, 0) is 30.7 Å². The van der Waals surface area contributed by atoms with Crippen LogP contribution < -0.4 is 5.56 Å². The fourth-order valence-electron chi connectivity index (χ4n) is 2.92. The summed E-state index contributed by atoms with van der Waals surface area (Å²) in [5.74, 6) is -2.28. The Hall–Kier alpha value is -2.85. The van der Waals surface area contributed by atoms with Crippen molar-refractivity contribution in [3.8, 4) is 5.69 Å². The van der Waals surface area contributed by atoms with E-state index in [1.54, 1.807) is 0 Å². The van der Waals surface area contributed by atoms with Gasteiger partial charge in [-0.25, -0.2) is 18.2 Å². The highest BCUT2D eigenvalue weighted by Gasteiger charge is 2.35. The quantitative estimate of drug-likeness (QED) is 0.566. The van der Waals surface area contributed by atoms with Crippen LogP contribution in [0.3, 0.4) is 0 Å². The summed E-state index contributed by atoms with van der Waals surface area (Å²) in [4.78, 5) is 20.0. The lowest BCUT2D eigenvalue weighted by atomic mass is 10.0. The van der Waals surface area contributed by atoms with E-state index >= 15 is 0 Å². The number of hydrogen-bond donors (Lipinski definition) is 0. The number of halogens is 6. The molecule has 29 heavy (non-hydrogen) atoms. The van der Waals surface area contributed by atoms with Crippen molar-refractivity contribution in [2.75, 3.05) is 0 Å². The Labute approximate surface area is 160 Å². The Balaban J connectivity index is 2.19. The van der Waals surface area contributed by atoms with E-state index in [0.29, 0.717) is 0 Å². The second-order valence-electron chi connectivity index (χ2n) is 6.59. The lowest BCUT2D eigenvalue weighted by Crippen LogP contribution is -2.24. The van der Waals surface area contributed by atoms with Crippen LogP contribution in [-0.4, -0.2) is 31.7 Å². The first-order valence-electron chi connectivity index (χ1n) is 8.65. The maximum Gasteiger partial charge on any atom is 0.391 e. The average Bonchev–Trinajstić information content (AvgIpc) is 3.03. The monoisotopic (exact) mass is 418 g/mol. The molecule has 2 heterocycles. The van der Waals surface area contributed by atoms with Crippen molar-refractivity contribution in [1.82, 2.24) is 19.1 Å². The zero-order valence-corrected chi connectivity index (χ0v) is 15.1. The molecule has 0 spiro atoms. The fourth-order valence-corrected chi connectivity index (χ4v) is 2.92. The molecule has 1 atom stereocenters. The highest BCUT2D eigenvalue weighted by Crippen LogP contribution is 2.29. The highest BCUT2D eigenvalue weighted by atomic mass is 19.4. The Morgan fingerprint density at radius 2 is 1.79 bits per heavy atom. The molecule has 1 unspecified atom stereocenters. The molecule has 2 aromatic heterocycles. The van der Waals surface area contributed by atoms with Crippen LogP contribution in [0.15, 0.2) is 35.4 Å². The van der Waals surface area contributed by atoms with Crippen molar-refractivity contribution in [2.45, 2.75) is 38.9 Å². The van der Waals surface area contributed by atoms with Crippen molar-refractivity contribution in [3.05, 3.63) is 52.6 Å². The van der Waals surface area contributed by atoms with Gasteiger partial charge in [-0.15, -0.1) is 0 Å².